The van der Waals surface area contributed by atoms with Crippen LogP contribution in [0.2, 0.25) is 10.0 Å². The fourth-order valence-corrected chi connectivity index (χ4v) is 4.59. The summed E-state index contributed by atoms with van der Waals surface area (Å²) in [5.41, 5.74) is 1.62. The number of aromatic nitrogens is 1. The van der Waals surface area contributed by atoms with Crippen LogP contribution in [-0.2, 0) is 24.4 Å². The third kappa shape index (κ3) is 4.16. The van der Waals surface area contributed by atoms with Gasteiger partial charge in [0.25, 0.3) is 0 Å². The molecule has 1 saturated carbocycles. The van der Waals surface area contributed by atoms with Gasteiger partial charge in [0.1, 0.15) is 11.9 Å². The molecule has 0 N–H and O–H groups in total. The number of hydrogen-bond donors (Lipinski definition) is 0. The van der Waals surface area contributed by atoms with Gasteiger partial charge in [-0.05, 0) is 61.2 Å². The quantitative estimate of drug-likeness (QED) is 0.492. The zero-order chi connectivity index (χ0) is 23.4. The molecule has 4 nitrogen and oxygen atoms in total. The van der Waals surface area contributed by atoms with Gasteiger partial charge in [0.05, 0.1) is 10.6 Å². The van der Waals surface area contributed by atoms with Crippen LogP contribution >= 0.6 is 23.2 Å². The molecule has 0 atom stereocenters. The minimum absolute atomic E-state index is 0.273. The lowest BCUT2D eigenvalue weighted by Crippen LogP contribution is -2.44. The Hall–Kier alpha value is -2.38. The van der Waals surface area contributed by atoms with E-state index in [2.05, 4.69) is 0 Å². The zero-order valence-corrected chi connectivity index (χ0v) is 18.7. The maximum atomic E-state index is 13.2. The van der Waals surface area contributed by atoms with Crippen molar-refractivity contribution in [3.05, 3.63) is 62.8 Å². The van der Waals surface area contributed by atoms with Crippen molar-refractivity contribution in [3.63, 3.8) is 0 Å². The first-order valence-electron chi connectivity index (χ1n) is 9.96. The molecule has 0 aliphatic heterocycles. The van der Waals surface area contributed by atoms with Crippen LogP contribution in [0.3, 0.4) is 0 Å². The number of fused-ring (bicyclic) bond motifs is 1. The third-order valence-electron chi connectivity index (χ3n) is 6.03. The molecule has 0 saturated heterocycles. The Morgan fingerprint density at radius 3 is 2.53 bits per heavy atom. The number of ether oxygens (including phenoxy) is 1. The molecule has 2 aromatic carbocycles. The molecule has 1 aliphatic rings. The van der Waals surface area contributed by atoms with Crippen molar-refractivity contribution in [1.29, 1.82) is 0 Å². The van der Waals surface area contributed by atoms with E-state index < -0.39 is 23.6 Å². The number of rotatable bonds is 5. The van der Waals surface area contributed by atoms with Crippen molar-refractivity contribution in [2.45, 2.75) is 38.5 Å². The van der Waals surface area contributed by atoms with Crippen LogP contribution in [0.5, 0.6) is 5.75 Å². The highest BCUT2D eigenvalue weighted by atomic mass is 35.5. The first kappa shape index (κ1) is 22.8. The van der Waals surface area contributed by atoms with Crippen LogP contribution in [-0.4, -0.2) is 16.6 Å². The molecule has 3 aromatic rings. The van der Waals surface area contributed by atoms with Crippen molar-refractivity contribution in [1.82, 2.24) is 4.57 Å². The summed E-state index contributed by atoms with van der Waals surface area (Å²) in [5, 5.41) is 12.3. The Labute approximate surface area is 192 Å². The number of carbonyl (C=O) groups excluding carboxylic acids is 1. The Balaban J connectivity index is 1.65. The monoisotopic (exact) mass is 484 g/mol. The minimum Gasteiger partial charge on any atom is -0.550 e. The Morgan fingerprint density at radius 1 is 1.22 bits per heavy atom. The number of aliphatic carboxylic acids is 1. The normalized spacial score (nSPS) is 18.6. The van der Waals surface area contributed by atoms with Gasteiger partial charge >= 0.3 is 6.18 Å². The van der Waals surface area contributed by atoms with Crippen LogP contribution < -0.4 is 9.84 Å². The van der Waals surface area contributed by atoms with E-state index in [0.717, 1.165) is 23.2 Å². The summed E-state index contributed by atoms with van der Waals surface area (Å²) < 4.78 is 47.3. The molecule has 1 aromatic heterocycles. The highest BCUT2D eigenvalue weighted by Gasteiger charge is 2.33. The summed E-state index contributed by atoms with van der Waals surface area (Å²) in [7, 11) is 1.70. The minimum atomic E-state index is -4.43. The molecule has 170 valence electrons. The van der Waals surface area contributed by atoms with Gasteiger partial charge in [-0.25, -0.2) is 0 Å². The summed E-state index contributed by atoms with van der Waals surface area (Å²) >= 11 is 12.9. The highest BCUT2D eigenvalue weighted by molar-refractivity contribution is 6.37. The number of benzene rings is 2. The van der Waals surface area contributed by atoms with Gasteiger partial charge in [0.2, 0.25) is 0 Å². The van der Waals surface area contributed by atoms with E-state index in [1.807, 2.05) is 6.07 Å². The number of alkyl halides is 3. The third-order valence-corrected chi connectivity index (χ3v) is 6.79. The number of aryl methyl sites for hydroxylation is 2. The van der Waals surface area contributed by atoms with Crippen molar-refractivity contribution in [3.8, 4) is 5.75 Å². The van der Waals surface area contributed by atoms with E-state index in [9.17, 15) is 23.1 Å². The summed E-state index contributed by atoms with van der Waals surface area (Å²) in [6.45, 7) is 1.65. The molecule has 0 bridgehead atoms. The topological polar surface area (TPSA) is 54.3 Å². The lowest BCUT2D eigenvalue weighted by molar-refractivity contribution is -0.316. The van der Waals surface area contributed by atoms with Gasteiger partial charge in [-0.2, -0.15) is 13.2 Å². The number of nitrogens with zero attached hydrogens (tertiary/aromatic N) is 1. The molecule has 1 aliphatic carbocycles. The molecule has 0 spiro atoms. The van der Waals surface area contributed by atoms with Crippen molar-refractivity contribution in [2.24, 2.45) is 13.0 Å². The first-order valence-corrected chi connectivity index (χ1v) is 10.7. The van der Waals surface area contributed by atoms with Gasteiger partial charge in [0.15, 0.2) is 0 Å². The fourth-order valence-electron chi connectivity index (χ4n) is 4.04. The van der Waals surface area contributed by atoms with Crippen molar-refractivity contribution in [2.75, 3.05) is 0 Å². The van der Waals surface area contributed by atoms with Crippen LogP contribution in [0.25, 0.3) is 10.9 Å². The predicted octanol–water partition coefficient (Wildman–Crippen LogP) is 5.31. The maximum absolute atomic E-state index is 13.2. The Kier molecular flexibility index (Phi) is 5.84. The number of hydrogen-bond acceptors (Lipinski definition) is 3. The molecular weight excluding hydrogens is 466 g/mol. The standard InChI is InChI=1S/C23H20Cl2F3NO3/c1-11-5-13(23(26,27)28)8-19-16(11)9-14(29(19)2)10-17-18(24)3-4-20(21(17)25)32-15-6-12(7-15)22(30)31/h3-5,8-9,12,15H,6-7,10H2,1-2H3,(H,30,31)/p-1. The first-order chi connectivity index (χ1) is 15.0. The van der Waals surface area contributed by atoms with Crippen molar-refractivity contribution >= 4 is 40.1 Å². The fraction of sp³-hybridized carbons (Fsp3) is 0.348. The van der Waals surface area contributed by atoms with Gasteiger partial charge in [-0.1, -0.05) is 23.2 Å². The van der Waals surface area contributed by atoms with E-state index in [-0.39, 0.29) is 12.5 Å². The van der Waals surface area contributed by atoms with Gasteiger partial charge in [0, 0.05) is 47.0 Å². The number of carboxylic acid groups (broad SMARTS) is 1. The SMILES string of the molecule is Cc1cc(C(F)(F)F)cc2c1cc(Cc1c(Cl)ccc(OC3CC(C(=O)[O-])C3)c1Cl)n2C. The van der Waals surface area contributed by atoms with E-state index in [1.54, 1.807) is 30.7 Å². The maximum Gasteiger partial charge on any atom is 0.416 e. The van der Waals surface area contributed by atoms with Crippen molar-refractivity contribution < 1.29 is 27.8 Å². The summed E-state index contributed by atoms with van der Waals surface area (Å²) in [6, 6.07) is 7.38. The smallest absolute Gasteiger partial charge is 0.416 e. The second kappa shape index (κ2) is 8.19. The number of carbonyl (C=O) groups is 1. The Bertz CT molecular complexity index is 1210. The van der Waals surface area contributed by atoms with E-state index in [1.165, 1.54) is 0 Å². The van der Waals surface area contributed by atoms with Crippen LogP contribution in [0, 0.1) is 12.8 Å². The second-order valence-corrected chi connectivity index (χ2v) is 8.95. The Morgan fingerprint density at radius 2 is 1.91 bits per heavy atom. The molecule has 1 fully saturated rings. The predicted molar refractivity (Wildman–Crippen MR) is 114 cm³/mol. The van der Waals surface area contributed by atoms with Gasteiger partial charge in [-0.3, -0.25) is 0 Å². The van der Waals surface area contributed by atoms with Gasteiger partial charge in [-0.15, -0.1) is 0 Å². The number of halogens is 5. The lowest BCUT2D eigenvalue weighted by Gasteiger charge is -2.36. The van der Waals surface area contributed by atoms with Crippen LogP contribution in [0.1, 0.15) is 35.2 Å². The van der Waals surface area contributed by atoms with Crippen LogP contribution in [0.4, 0.5) is 13.2 Å². The lowest BCUT2D eigenvalue weighted by atomic mass is 9.82. The molecule has 0 amide bonds. The summed E-state index contributed by atoms with van der Waals surface area (Å²) in [4.78, 5) is 10.9. The van der Waals surface area contributed by atoms with Crippen LogP contribution in [0.15, 0.2) is 30.3 Å². The molecular formula is C23H19Cl2F3NO3-. The molecule has 4 rings (SSSR count). The summed E-state index contributed by atoms with van der Waals surface area (Å²) in [6.07, 6.45) is -3.72. The highest BCUT2D eigenvalue weighted by Crippen LogP contribution is 2.40. The van der Waals surface area contributed by atoms with Gasteiger partial charge < -0.3 is 19.2 Å². The summed E-state index contributed by atoms with van der Waals surface area (Å²) in [5.74, 6) is -1.22. The van der Waals surface area contributed by atoms with E-state index >= 15 is 0 Å². The number of carboxylic acids is 1. The second-order valence-electron chi connectivity index (χ2n) is 8.16. The molecule has 32 heavy (non-hydrogen) atoms. The molecule has 0 radical (unpaired) electrons. The molecule has 9 heteroatoms. The molecule has 0 unspecified atom stereocenters. The largest absolute Gasteiger partial charge is 0.550 e. The average Bonchev–Trinajstić information content (AvgIpc) is 2.98. The van der Waals surface area contributed by atoms with E-state index in [4.69, 9.17) is 27.9 Å². The van der Waals surface area contributed by atoms with E-state index in [0.29, 0.717) is 45.3 Å². The average molecular weight is 485 g/mol. The molecule has 1 heterocycles. The zero-order valence-electron chi connectivity index (χ0n) is 17.2.